The second-order valence-electron chi connectivity index (χ2n) is 3.85. The maximum Gasteiger partial charge on any atom is 0.252 e. The molecule has 0 bridgehead atoms. The molecule has 2 rings (SSSR count). The summed E-state index contributed by atoms with van der Waals surface area (Å²) in [5.41, 5.74) is 0.964. The Morgan fingerprint density at radius 1 is 1.40 bits per heavy atom. The number of rotatable bonds is 6. The molecule has 0 aliphatic rings. The molecule has 0 aliphatic heterocycles. The van der Waals surface area contributed by atoms with Gasteiger partial charge in [0.1, 0.15) is 12.4 Å². The number of benzene rings is 1. The molecule has 0 unspecified atom stereocenters. The SMILES string of the molecule is CCOc1cccc(C(=O)Cl)c1COc1ccn(S)n1. The van der Waals surface area contributed by atoms with Crippen molar-refractivity contribution < 1.29 is 14.3 Å². The highest BCUT2D eigenvalue weighted by Crippen LogP contribution is 2.25. The van der Waals surface area contributed by atoms with Crippen molar-refractivity contribution in [1.29, 1.82) is 0 Å². The van der Waals surface area contributed by atoms with Crippen LogP contribution in [-0.4, -0.2) is 21.0 Å². The minimum absolute atomic E-state index is 0.134. The van der Waals surface area contributed by atoms with Gasteiger partial charge in [0.25, 0.3) is 5.24 Å². The van der Waals surface area contributed by atoms with Gasteiger partial charge in [-0.2, -0.15) is 0 Å². The van der Waals surface area contributed by atoms with E-state index in [9.17, 15) is 4.79 Å². The average Bonchev–Trinajstić information content (AvgIpc) is 2.83. The summed E-state index contributed by atoms with van der Waals surface area (Å²) in [5.74, 6) is 0.976. The van der Waals surface area contributed by atoms with Crippen molar-refractivity contribution in [2.24, 2.45) is 0 Å². The molecule has 0 radical (unpaired) electrons. The summed E-state index contributed by atoms with van der Waals surface area (Å²) in [7, 11) is 0. The lowest BCUT2D eigenvalue weighted by Crippen LogP contribution is -2.06. The van der Waals surface area contributed by atoms with Crippen molar-refractivity contribution >= 4 is 29.7 Å². The Morgan fingerprint density at radius 3 is 2.80 bits per heavy atom. The lowest BCUT2D eigenvalue weighted by atomic mass is 10.1. The Hall–Kier alpha value is -1.66. The standard InChI is InChI=1S/C13H13ClN2O3S/c1-2-18-11-5-3-4-9(13(14)17)10(11)8-19-12-6-7-16(20)15-12/h3-7,20H,2,8H2,1H3. The molecule has 5 nitrogen and oxygen atoms in total. The summed E-state index contributed by atoms with van der Waals surface area (Å²) in [6.45, 7) is 2.48. The highest BCUT2D eigenvalue weighted by molar-refractivity contribution is 7.78. The largest absolute Gasteiger partial charge is 0.493 e. The predicted molar refractivity (Wildman–Crippen MR) is 78.7 cm³/mol. The summed E-state index contributed by atoms with van der Waals surface area (Å²) >= 11 is 9.60. The Balaban J connectivity index is 2.25. The molecule has 7 heteroatoms. The van der Waals surface area contributed by atoms with E-state index in [0.29, 0.717) is 29.4 Å². The van der Waals surface area contributed by atoms with Crippen LogP contribution in [0.3, 0.4) is 0 Å². The van der Waals surface area contributed by atoms with Gasteiger partial charge in [0.2, 0.25) is 5.88 Å². The molecule has 0 saturated carbocycles. The number of hydrogen-bond donors (Lipinski definition) is 1. The zero-order valence-electron chi connectivity index (χ0n) is 10.7. The minimum atomic E-state index is -0.551. The molecule has 1 heterocycles. The van der Waals surface area contributed by atoms with E-state index in [2.05, 4.69) is 17.9 Å². The second kappa shape index (κ2) is 6.67. The van der Waals surface area contributed by atoms with Crippen molar-refractivity contribution in [3.63, 3.8) is 0 Å². The van der Waals surface area contributed by atoms with Crippen LogP contribution in [0.2, 0.25) is 0 Å². The second-order valence-corrected chi connectivity index (χ2v) is 4.61. The lowest BCUT2D eigenvalue weighted by molar-refractivity contribution is 0.107. The first-order valence-electron chi connectivity index (χ1n) is 5.94. The maximum absolute atomic E-state index is 11.5. The van der Waals surface area contributed by atoms with Crippen molar-refractivity contribution in [2.45, 2.75) is 13.5 Å². The summed E-state index contributed by atoms with van der Waals surface area (Å²) in [6, 6.07) is 6.78. The molecular formula is C13H13ClN2O3S. The van der Waals surface area contributed by atoms with Gasteiger partial charge in [-0.25, -0.2) is 4.09 Å². The van der Waals surface area contributed by atoms with Gasteiger partial charge in [-0.05, 0) is 43.5 Å². The van der Waals surface area contributed by atoms with Crippen LogP contribution in [0.1, 0.15) is 22.8 Å². The first-order chi connectivity index (χ1) is 9.61. The third-order valence-corrected chi connectivity index (χ3v) is 2.99. The van der Waals surface area contributed by atoms with Gasteiger partial charge in [-0.3, -0.25) is 4.79 Å². The number of aromatic nitrogens is 2. The van der Waals surface area contributed by atoms with Gasteiger partial charge in [0.05, 0.1) is 6.61 Å². The quantitative estimate of drug-likeness (QED) is 0.658. The van der Waals surface area contributed by atoms with E-state index >= 15 is 0 Å². The number of carbonyl (C=O) groups is 1. The Labute approximate surface area is 127 Å². The van der Waals surface area contributed by atoms with Crippen molar-refractivity contribution in [3.05, 3.63) is 41.6 Å². The topological polar surface area (TPSA) is 53.4 Å². The van der Waals surface area contributed by atoms with E-state index in [0.717, 1.165) is 0 Å². The van der Waals surface area contributed by atoms with Crippen LogP contribution in [0.4, 0.5) is 0 Å². The predicted octanol–water partition coefficient (Wildman–Crippen LogP) is 2.93. The van der Waals surface area contributed by atoms with E-state index in [4.69, 9.17) is 21.1 Å². The van der Waals surface area contributed by atoms with Crippen LogP contribution in [0.15, 0.2) is 30.5 Å². The molecule has 20 heavy (non-hydrogen) atoms. The highest BCUT2D eigenvalue weighted by Gasteiger charge is 2.15. The molecule has 1 aromatic carbocycles. The smallest absolute Gasteiger partial charge is 0.252 e. The summed E-state index contributed by atoms with van der Waals surface area (Å²) in [6.07, 6.45) is 1.64. The number of nitrogens with zero attached hydrogens (tertiary/aromatic N) is 2. The lowest BCUT2D eigenvalue weighted by Gasteiger charge is -2.13. The fourth-order valence-electron chi connectivity index (χ4n) is 1.71. The molecule has 2 aromatic rings. The third kappa shape index (κ3) is 3.46. The molecule has 0 atom stereocenters. The van der Waals surface area contributed by atoms with Gasteiger partial charge in [-0.15, -0.1) is 5.10 Å². The minimum Gasteiger partial charge on any atom is -0.493 e. The average molecular weight is 313 g/mol. The molecule has 0 spiro atoms. The third-order valence-electron chi connectivity index (χ3n) is 2.56. The maximum atomic E-state index is 11.5. The number of hydrogen-bond acceptors (Lipinski definition) is 5. The summed E-state index contributed by atoms with van der Waals surface area (Å²) in [4.78, 5) is 11.5. The molecule has 0 fully saturated rings. The number of carbonyl (C=O) groups excluding carboxylic acids is 1. The molecule has 0 amide bonds. The van der Waals surface area contributed by atoms with Crippen LogP contribution >= 0.6 is 24.4 Å². The monoisotopic (exact) mass is 312 g/mol. The number of ether oxygens (including phenoxy) is 2. The van der Waals surface area contributed by atoms with E-state index in [1.54, 1.807) is 30.5 Å². The van der Waals surface area contributed by atoms with Crippen molar-refractivity contribution in [2.75, 3.05) is 6.61 Å². The van der Waals surface area contributed by atoms with Gasteiger partial charge < -0.3 is 9.47 Å². The van der Waals surface area contributed by atoms with Crippen LogP contribution in [0.5, 0.6) is 11.6 Å². The Morgan fingerprint density at radius 2 is 2.20 bits per heavy atom. The highest BCUT2D eigenvalue weighted by atomic mass is 35.5. The van der Waals surface area contributed by atoms with Crippen molar-refractivity contribution in [3.8, 4) is 11.6 Å². The van der Waals surface area contributed by atoms with Gasteiger partial charge in [0.15, 0.2) is 0 Å². The molecule has 0 aliphatic carbocycles. The molecule has 0 saturated heterocycles. The summed E-state index contributed by atoms with van der Waals surface area (Å²) < 4.78 is 12.3. The van der Waals surface area contributed by atoms with E-state index < -0.39 is 5.24 Å². The Bertz CT molecular complexity index is 615. The molecule has 0 N–H and O–H groups in total. The fraction of sp³-hybridized carbons (Fsp3) is 0.231. The summed E-state index contributed by atoms with van der Waals surface area (Å²) in [5, 5.41) is 3.42. The first-order valence-corrected chi connectivity index (χ1v) is 6.72. The van der Waals surface area contributed by atoms with Crippen molar-refractivity contribution in [1.82, 2.24) is 9.19 Å². The number of halogens is 1. The van der Waals surface area contributed by atoms with E-state index in [1.165, 1.54) is 4.09 Å². The molecular weight excluding hydrogens is 300 g/mol. The Kier molecular flexibility index (Phi) is 4.92. The zero-order chi connectivity index (χ0) is 14.5. The van der Waals surface area contributed by atoms with Crippen LogP contribution in [0.25, 0.3) is 0 Å². The van der Waals surface area contributed by atoms with Gasteiger partial charge in [-0.1, -0.05) is 6.07 Å². The van der Waals surface area contributed by atoms with Crippen LogP contribution in [0, 0.1) is 0 Å². The fourth-order valence-corrected chi connectivity index (χ4v) is 2.04. The van der Waals surface area contributed by atoms with E-state index in [1.807, 2.05) is 6.92 Å². The van der Waals surface area contributed by atoms with Gasteiger partial charge >= 0.3 is 0 Å². The van der Waals surface area contributed by atoms with Crippen LogP contribution < -0.4 is 9.47 Å². The van der Waals surface area contributed by atoms with E-state index in [-0.39, 0.29) is 6.61 Å². The van der Waals surface area contributed by atoms with Crippen LogP contribution in [-0.2, 0) is 6.61 Å². The number of thiol groups is 1. The van der Waals surface area contributed by atoms with Gasteiger partial charge in [0, 0.05) is 23.4 Å². The molecule has 106 valence electrons. The molecule has 1 aromatic heterocycles. The normalized spacial score (nSPS) is 10.3. The first kappa shape index (κ1) is 14.7. The zero-order valence-corrected chi connectivity index (χ0v) is 12.4.